The molecule has 1 aliphatic heterocycles. The average molecular weight is 249 g/mol. The second-order valence-corrected chi connectivity index (χ2v) is 7.32. The molecule has 0 aromatic carbocycles. The molecule has 0 amide bonds. The van der Waals surface area contributed by atoms with Gasteiger partial charge in [0.2, 0.25) is 0 Å². The number of hydrogen-bond acceptors (Lipinski definition) is 2. The molecule has 1 atom stereocenters. The van der Waals surface area contributed by atoms with Gasteiger partial charge in [-0.1, -0.05) is 0 Å². The van der Waals surface area contributed by atoms with Gasteiger partial charge in [-0.15, -0.1) is 0 Å². The molecule has 0 radical (unpaired) electrons. The highest BCUT2D eigenvalue weighted by Gasteiger charge is 2.44. The molecule has 1 unspecified atom stereocenters. The van der Waals surface area contributed by atoms with Gasteiger partial charge < -0.3 is 10.1 Å². The van der Waals surface area contributed by atoms with Gasteiger partial charge in [0.05, 0.1) is 5.60 Å². The van der Waals surface area contributed by atoms with Gasteiger partial charge in [0.1, 0.15) is 0 Å². The Balaban J connectivity index is 1.28. The van der Waals surface area contributed by atoms with Gasteiger partial charge in [0.25, 0.3) is 0 Å². The molecule has 1 heterocycles. The molecule has 4 fully saturated rings. The molecule has 3 aliphatic carbocycles. The van der Waals surface area contributed by atoms with Crippen molar-refractivity contribution in [3.63, 3.8) is 0 Å². The zero-order valence-corrected chi connectivity index (χ0v) is 11.5. The van der Waals surface area contributed by atoms with Crippen molar-refractivity contribution in [3.05, 3.63) is 0 Å². The molecule has 0 bridgehead atoms. The van der Waals surface area contributed by atoms with Crippen LogP contribution in [0, 0.1) is 17.8 Å². The Labute approximate surface area is 111 Å². The van der Waals surface area contributed by atoms with Crippen LogP contribution in [0.3, 0.4) is 0 Å². The largest absolute Gasteiger partial charge is 0.375 e. The van der Waals surface area contributed by atoms with Gasteiger partial charge in [-0.2, -0.15) is 0 Å². The van der Waals surface area contributed by atoms with Gasteiger partial charge >= 0.3 is 0 Å². The Bertz CT molecular complexity index is 292. The number of rotatable bonds is 5. The third-order valence-electron chi connectivity index (χ3n) is 5.85. The lowest BCUT2D eigenvalue weighted by Gasteiger charge is -2.47. The first-order valence-electron chi connectivity index (χ1n) is 8.22. The predicted molar refractivity (Wildman–Crippen MR) is 72.5 cm³/mol. The molecule has 18 heavy (non-hydrogen) atoms. The average Bonchev–Trinajstić information content (AvgIpc) is 3.21. The van der Waals surface area contributed by atoms with Crippen molar-refractivity contribution in [2.24, 2.45) is 17.8 Å². The molecule has 0 aromatic heterocycles. The Morgan fingerprint density at radius 1 is 1.06 bits per heavy atom. The summed E-state index contributed by atoms with van der Waals surface area (Å²) in [5, 5.41) is 3.91. The number of ether oxygens (including phenoxy) is 1. The second kappa shape index (κ2) is 4.49. The monoisotopic (exact) mass is 249 g/mol. The van der Waals surface area contributed by atoms with Crippen molar-refractivity contribution in [1.29, 1.82) is 0 Å². The molecule has 1 spiro atoms. The van der Waals surface area contributed by atoms with Crippen LogP contribution in [0.15, 0.2) is 0 Å². The van der Waals surface area contributed by atoms with Crippen molar-refractivity contribution in [2.75, 3.05) is 13.2 Å². The molecular formula is C16H27NO. The third kappa shape index (κ3) is 2.34. The summed E-state index contributed by atoms with van der Waals surface area (Å²) in [6.45, 7) is 2.30. The van der Waals surface area contributed by atoms with Crippen molar-refractivity contribution in [2.45, 2.75) is 69.4 Å². The van der Waals surface area contributed by atoms with E-state index in [1.165, 1.54) is 64.3 Å². The van der Waals surface area contributed by atoms with E-state index in [0.717, 1.165) is 30.4 Å². The molecule has 3 saturated carbocycles. The second-order valence-electron chi connectivity index (χ2n) is 7.32. The Morgan fingerprint density at radius 2 is 1.78 bits per heavy atom. The maximum absolute atomic E-state index is 6.02. The van der Waals surface area contributed by atoms with Crippen LogP contribution >= 0.6 is 0 Å². The molecule has 2 nitrogen and oxygen atoms in total. The molecule has 4 aliphatic rings. The normalized spacial score (nSPS) is 34.8. The van der Waals surface area contributed by atoms with Crippen LogP contribution in [0.25, 0.3) is 0 Å². The van der Waals surface area contributed by atoms with Gasteiger partial charge in [-0.05, 0) is 82.1 Å². The SMILES string of the molecule is C1CC2(C1)CC(NCC(C1CC1)C1CC1)CCO2. The fourth-order valence-corrected chi connectivity index (χ4v) is 4.19. The Kier molecular flexibility index (Phi) is 2.92. The zero-order chi connectivity index (χ0) is 12.0. The minimum absolute atomic E-state index is 0.310. The van der Waals surface area contributed by atoms with Gasteiger partial charge in [-0.25, -0.2) is 0 Å². The van der Waals surface area contributed by atoms with Crippen LogP contribution in [-0.4, -0.2) is 24.8 Å². The molecule has 0 aromatic rings. The molecule has 1 N–H and O–H groups in total. The summed E-state index contributed by atoms with van der Waals surface area (Å²) in [5.41, 5.74) is 0.310. The van der Waals surface area contributed by atoms with Crippen LogP contribution in [0.4, 0.5) is 0 Å². The predicted octanol–water partition coefficient (Wildman–Crippen LogP) is 3.11. The lowest BCUT2D eigenvalue weighted by Crippen LogP contribution is -2.51. The summed E-state index contributed by atoms with van der Waals surface area (Å²) < 4.78 is 6.02. The van der Waals surface area contributed by atoms with E-state index in [1.807, 2.05) is 0 Å². The summed E-state index contributed by atoms with van der Waals surface area (Å²) >= 11 is 0. The summed E-state index contributed by atoms with van der Waals surface area (Å²) in [4.78, 5) is 0. The quantitative estimate of drug-likeness (QED) is 0.808. The molecular weight excluding hydrogens is 222 g/mol. The summed E-state index contributed by atoms with van der Waals surface area (Å²) in [6, 6.07) is 0.749. The van der Waals surface area contributed by atoms with Crippen molar-refractivity contribution >= 4 is 0 Å². The summed E-state index contributed by atoms with van der Waals surface area (Å²) in [6.07, 6.45) is 12.6. The van der Waals surface area contributed by atoms with E-state index in [2.05, 4.69) is 5.32 Å². The van der Waals surface area contributed by atoms with Gasteiger partial charge in [0.15, 0.2) is 0 Å². The molecule has 1 saturated heterocycles. The van der Waals surface area contributed by atoms with E-state index in [4.69, 9.17) is 4.74 Å². The highest BCUT2D eigenvalue weighted by Crippen LogP contribution is 2.49. The molecule has 4 rings (SSSR count). The minimum atomic E-state index is 0.310. The lowest BCUT2D eigenvalue weighted by molar-refractivity contribution is -0.135. The summed E-state index contributed by atoms with van der Waals surface area (Å²) in [7, 11) is 0. The van der Waals surface area contributed by atoms with Crippen LogP contribution < -0.4 is 5.32 Å². The lowest BCUT2D eigenvalue weighted by atomic mass is 9.74. The van der Waals surface area contributed by atoms with E-state index in [9.17, 15) is 0 Å². The number of nitrogens with one attached hydrogen (secondary N) is 1. The molecule has 102 valence electrons. The van der Waals surface area contributed by atoms with E-state index in [0.29, 0.717) is 5.60 Å². The third-order valence-corrected chi connectivity index (χ3v) is 5.85. The highest BCUT2D eigenvalue weighted by molar-refractivity contribution is 4.97. The Hall–Kier alpha value is -0.0800. The van der Waals surface area contributed by atoms with E-state index in [-0.39, 0.29) is 0 Å². The van der Waals surface area contributed by atoms with Crippen molar-refractivity contribution in [1.82, 2.24) is 5.32 Å². The van der Waals surface area contributed by atoms with Gasteiger partial charge in [-0.3, -0.25) is 0 Å². The zero-order valence-electron chi connectivity index (χ0n) is 11.5. The first-order valence-corrected chi connectivity index (χ1v) is 8.22. The summed E-state index contributed by atoms with van der Waals surface area (Å²) in [5.74, 6) is 3.19. The van der Waals surface area contributed by atoms with E-state index >= 15 is 0 Å². The van der Waals surface area contributed by atoms with Gasteiger partial charge in [0, 0.05) is 12.6 Å². The van der Waals surface area contributed by atoms with E-state index < -0.39 is 0 Å². The fourth-order valence-electron chi connectivity index (χ4n) is 4.19. The maximum Gasteiger partial charge on any atom is 0.0697 e. The molecule has 2 heteroatoms. The van der Waals surface area contributed by atoms with Crippen LogP contribution in [0.5, 0.6) is 0 Å². The van der Waals surface area contributed by atoms with Crippen LogP contribution in [0.2, 0.25) is 0 Å². The number of hydrogen-bond donors (Lipinski definition) is 1. The first kappa shape index (κ1) is 11.7. The fraction of sp³-hybridized carbons (Fsp3) is 1.00. The van der Waals surface area contributed by atoms with Crippen LogP contribution in [-0.2, 0) is 4.74 Å². The highest BCUT2D eigenvalue weighted by atomic mass is 16.5. The Morgan fingerprint density at radius 3 is 2.33 bits per heavy atom. The minimum Gasteiger partial charge on any atom is -0.375 e. The first-order chi connectivity index (χ1) is 8.85. The maximum atomic E-state index is 6.02. The van der Waals surface area contributed by atoms with Crippen LogP contribution in [0.1, 0.15) is 57.8 Å². The van der Waals surface area contributed by atoms with E-state index in [1.54, 1.807) is 0 Å². The topological polar surface area (TPSA) is 21.3 Å². The van der Waals surface area contributed by atoms with Crippen molar-refractivity contribution < 1.29 is 4.74 Å². The standard InChI is InChI=1S/C16H27NO/c1-7-16(8-1)10-14(6-9-18-16)17-11-15(12-2-3-12)13-4-5-13/h12-15,17H,1-11H2. The van der Waals surface area contributed by atoms with Crippen molar-refractivity contribution in [3.8, 4) is 0 Å². The smallest absolute Gasteiger partial charge is 0.0697 e.